The topological polar surface area (TPSA) is 80.4 Å². The van der Waals surface area contributed by atoms with Crippen LogP contribution in [0, 0.1) is 0 Å². The number of ketones is 1. The highest BCUT2D eigenvalue weighted by molar-refractivity contribution is 5.83. The third-order valence-electron chi connectivity index (χ3n) is 1.82. The van der Waals surface area contributed by atoms with Crippen LogP contribution in [0.25, 0.3) is 0 Å². The Hall–Kier alpha value is -0.900. The molecule has 0 aliphatic carbocycles. The first-order valence-electron chi connectivity index (χ1n) is 4.54. The molecule has 0 aromatic carbocycles. The van der Waals surface area contributed by atoms with Gasteiger partial charge in [-0.1, -0.05) is 6.42 Å². The molecule has 0 unspecified atom stereocenters. The summed E-state index contributed by atoms with van der Waals surface area (Å²) in [5, 5.41) is 8.32. The van der Waals surface area contributed by atoms with Gasteiger partial charge in [-0.15, -0.1) is 0 Å². The van der Waals surface area contributed by atoms with Crippen molar-refractivity contribution in [3.63, 3.8) is 0 Å². The van der Waals surface area contributed by atoms with E-state index in [4.69, 9.17) is 10.8 Å². The summed E-state index contributed by atoms with van der Waals surface area (Å²) in [6, 6.07) is -0.389. The molecular formula is C9H17NO3. The molecule has 0 rings (SSSR count). The van der Waals surface area contributed by atoms with E-state index in [2.05, 4.69) is 0 Å². The Labute approximate surface area is 78.1 Å². The third kappa shape index (κ3) is 7.46. The Morgan fingerprint density at radius 3 is 2.23 bits per heavy atom. The Kier molecular flexibility index (Phi) is 6.14. The van der Waals surface area contributed by atoms with Gasteiger partial charge in [0, 0.05) is 12.8 Å². The molecule has 0 bridgehead atoms. The summed E-state index contributed by atoms with van der Waals surface area (Å²) in [5.41, 5.74) is 5.36. The molecule has 0 aliphatic rings. The van der Waals surface area contributed by atoms with Crippen molar-refractivity contribution in [1.29, 1.82) is 0 Å². The fourth-order valence-corrected chi connectivity index (χ4v) is 0.980. The smallest absolute Gasteiger partial charge is 0.303 e. The molecule has 0 radical (unpaired) electrons. The van der Waals surface area contributed by atoms with Crippen LogP contribution in [0.5, 0.6) is 0 Å². The van der Waals surface area contributed by atoms with Gasteiger partial charge in [-0.2, -0.15) is 0 Å². The number of Topliss-reactive ketones (excluding diaryl/α,β-unsaturated/α-hetero) is 1. The Morgan fingerprint density at radius 1 is 1.23 bits per heavy atom. The number of aliphatic carboxylic acids is 1. The van der Waals surface area contributed by atoms with Gasteiger partial charge in [0.15, 0.2) is 0 Å². The van der Waals surface area contributed by atoms with Crippen molar-refractivity contribution in [2.24, 2.45) is 5.73 Å². The van der Waals surface area contributed by atoms with E-state index in [1.54, 1.807) is 6.92 Å². The molecule has 0 spiro atoms. The van der Waals surface area contributed by atoms with Gasteiger partial charge in [0.2, 0.25) is 0 Å². The highest BCUT2D eigenvalue weighted by Crippen LogP contribution is 2.04. The van der Waals surface area contributed by atoms with Crippen LogP contribution in [-0.4, -0.2) is 22.9 Å². The van der Waals surface area contributed by atoms with Crippen molar-refractivity contribution in [3.8, 4) is 0 Å². The summed E-state index contributed by atoms with van der Waals surface area (Å²) in [6.45, 7) is 1.67. The minimum Gasteiger partial charge on any atom is -0.481 e. The summed E-state index contributed by atoms with van der Waals surface area (Å²) in [7, 11) is 0. The molecule has 4 heteroatoms. The monoisotopic (exact) mass is 187 g/mol. The number of hydrogen-bond acceptors (Lipinski definition) is 3. The number of nitrogens with two attached hydrogens (primary N) is 1. The Morgan fingerprint density at radius 2 is 1.77 bits per heavy atom. The molecule has 0 aliphatic heterocycles. The van der Waals surface area contributed by atoms with Crippen molar-refractivity contribution in [2.45, 2.75) is 45.1 Å². The van der Waals surface area contributed by atoms with Crippen molar-refractivity contribution in [1.82, 2.24) is 0 Å². The summed E-state index contributed by atoms with van der Waals surface area (Å²) >= 11 is 0. The van der Waals surface area contributed by atoms with Gasteiger partial charge in [0.25, 0.3) is 0 Å². The van der Waals surface area contributed by atoms with E-state index >= 15 is 0 Å². The lowest BCUT2D eigenvalue weighted by atomic mass is 10.1. The van der Waals surface area contributed by atoms with E-state index in [-0.39, 0.29) is 18.2 Å². The second kappa shape index (κ2) is 6.60. The second-order valence-corrected chi connectivity index (χ2v) is 3.21. The van der Waals surface area contributed by atoms with Gasteiger partial charge in [0.1, 0.15) is 5.78 Å². The van der Waals surface area contributed by atoms with E-state index in [1.807, 2.05) is 0 Å². The van der Waals surface area contributed by atoms with Gasteiger partial charge in [-0.25, -0.2) is 0 Å². The second-order valence-electron chi connectivity index (χ2n) is 3.21. The van der Waals surface area contributed by atoms with Crippen LogP contribution >= 0.6 is 0 Å². The summed E-state index contributed by atoms with van der Waals surface area (Å²) < 4.78 is 0. The zero-order valence-corrected chi connectivity index (χ0v) is 7.95. The lowest BCUT2D eigenvalue weighted by molar-refractivity contribution is -0.137. The van der Waals surface area contributed by atoms with Crippen molar-refractivity contribution in [3.05, 3.63) is 0 Å². The number of carbonyl (C=O) groups excluding carboxylic acids is 1. The standard InChI is InChI=1S/C9H17NO3/c1-7(10)8(11)5-3-2-4-6-9(12)13/h7H,2-6,10H2,1H3,(H,12,13)/t7-/m1/s1. The lowest BCUT2D eigenvalue weighted by Gasteiger charge is -2.02. The largest absolute Gasteiger partial charge is 0.481 e. The number of carboxylic acid groups (broad SMARTS) is 1. The van der Waals surface area contributed by atoms with E-state index in [0.717, 1.165) is 12.8 Å². The minimum atomic E-state index is -0.779. The van der Waals surface area contributed by atoms with Crippen molar-refractivity contribution < 1.29 is 14.7 Å². The number of carbonyl (C=O) groups is 2. The quantitative estimate of drug-likeness (QED) is 0.581. The van der Waals surface area contributed by atoms with E-state index in [0.29, 0.717) is 12.8 Å². The molecular weight excluding hydrogens is 170 g/mol. The highest BCUT2D eigenvalue weighted by Gasteiger charge is 2.06. The van der Waals surface area contributed by atoms with Crippen molar-refractivity contribution >= 4 is 11.8 Å². The molecule has 0 heterocycles. The normalized spacial score (nSPS) is 12.5. The molecule has 0 amide bonds. The lowest BCUT2D eigenvalue weighted by Crippen LogP contribution is -2.26. The molecule has 3 N–H and O–H groups in total. The van der Waals surface area contributed by atoms with Gasteiger partial charge >= 0.3 is 5.97 Å². The van der Waals surface area contributed by atoms with Crippen LogP contribution in [0.3, 0.4) is 0 Å². The number of carboxylic acids is 1. The predicted octanol–water partition coefficient (Wildman–Crippen LogP) is 0.938. The zero-order chi connectivity index (χ0) is 10.3. The molecule has 76 valence electrons. The Bertz CT molecular complexity index is 178. The summed E-state index contributed by atoms with van der Waals surface area (Å²) in [4.78, 5) is 21.1. The number of unbranched alkanes of at least 4 members (excludes halogenated alkanes) is 2. The molecule has 1 atom stereocenters. The molecule has 13 heavy (non-hydrogen) atoms. The molecule has 0 saturated carbocycles. The fraction of sp³-hybridized carbons (Fsp3) is 0.778. The first-order chi connectivity index (χ1) is 6.04. The van der Waals surface area contributed by atoms with E-state index < -0.39 is 5.97 Å². The van der Waals surface area contributed by atoms with Gasteiger partial charge in [-0.05, 0) is 19.8 Å². The molecule has 0 saturated heterocycles. The van der Waals surface area contributed by atoms with E-state index in [1.165, 1.54) is 0 Å². The Balaban J connectivity index is 3.26. The van der Waals surface area contributed by atoms with Gasteiger partial charge in [0.05, 0.1) is 6.04 Å². The maximum atomic E-state index is 11.0. The van der Waals surface area contributed by atoms with Crippen molar-refractivity contribution in [2.75, 3.05) is 0 Å². The fourth-order valence-electron chi connectivity index (χ4n) is 0.980. The van der Waals surface area contributed by atoms with Crippen LogP contribution in [0.15, 0.2) is 0 Å². The average molecular weight is 187 g/mol. The highest BCUT2D eigenvalue weighted by atomic mass is 16.4. The molecule has 4 nitrogen and oxygen atoms in total. The van der Waals surface area contributed by atoms with Crippen LogP contribution in [0.2, 0.25) is 0 Å². The maximum absolute atomic E-state index is 11.0. The molecule has 0 fully saturated rings. The van der Waals surface area contributed by atoms with Crippen LogP contribution < -0.4 is 5.73 Å². The summed E-state index contributed by atoms with van der Waals surface area (Å²) in [6.07, 6.45) is 2.82. The van der Waals surface area contributed by atoms with Crippen LogP contribution in [0.4, 0.5) is 0 Å². The first-order valence-corrected chi connectivity index (χ1v) is 4.54. The number of hydrogen-bond donors (Lipinski definition) is 2. The molecule has 0 aromatic heterocycles. The predicted molar refractivity (Wildman–Crippen MR) is 49.4 cm³/mol. The SMILES string of the molecule is C[C@@H](N)C(=O)CCCCCC(=O)O. The van der Waals surface area contributed by atoms with Crippen LogP contribution in [-0.2, 0) is 9.59 Å². The number of rotatable bonds is 7. The maximum Gasteiger partial charge on any atom is 0.303 e. The van der Waals surface area contributed by atoms with Gasteiger partial charge in [-0.3, -0.25) is 9.59 Å². The zero-order valence-electron chi connectivity index (χ0n) is 7.95. The average Bonchev–Trinajstić information content (AvgIpc) is 2.02. The minimum absolute atomic E-state index is 0.0512. The van der Waals surface area contributed by atoms with E-state index in [9.17, 15) is 9.59 Å². The molecule has 0 aromatic rings. The first kappa shape index (κ1) is 12.1. The van der Waals surface area contributed by atoms with Gasteiger partial charge < -0.3 is 10.8 Å². The summed E-state index contributed by atoms with van der Waals surface area (Å²) in [5.74, 6) is -0.728. The van der Waals surface area contributed by atoms with Crippen LogP contribution in [0.1, 0.15) is 39.0 Å². The third-order valence-corrected chi connectivity index (χ3v) is 1.82.